The number of benzene rings is 1. The highest BCUT2D eigenvalue weighted by molar-refractivity contribution is 5.90. The number of esters is 1. The summed E-state index contributed by atoms with van der Waals surface area (Å²) < 4.78 is 6.27. The number of carbonyl (C=O) groups excluding carboxylic acids is 2. The first-order valence-corrected chi connectivity index (χ1v) is 11.9. The van der Waals surface area contributed by atoms with Gasteiger partial charge in [-0.25, -0.2) is 4.79 Å². The van der Waals surface area contributed by atoms with E-state index in [9.17, 15) is 9.59 Å². The number of carbonyl (C=O) groups is 2. The number of Topliss-reactive ketones (excluding diaryl/α,β-unsaturated/α-hetero) is 1. The molecule has 0 aromatic heterocycles. The van der Waals surface area contributed by atoms with Crippen molar-refractivity contribution in [3.05, 3.63) is 35.9 Å². The van der Waals surface area contributed by atoms with E-state index in [0.29, 0.717) is 23.7 Å². The fourth-order valence-corrected chi connectivity index (χ4v) is 8.57. The molecule has 0 aliphatic heterocycles. The van der Waals surface area contributed by atoms with E-state index in [0.717, 1.165) is 25.7 Å². The first kappa shape index (κ1) is 20.3. The number of ether oxygens (including phenoxy) is 1. The van der Waals surface area contributed by atoms with Gasteiger partial charge in [0.1, 0.15) is 11.9 Å². The van der Waals surface area contributed by atoms with E-state index in [1.165, 1.54) is 19.3 Å². The van der Waals surface area contributed by atoms with Crippen molar-refractivity contribution in [2.75, 3.05) is 0 Å². The predicted octanol–water partition coefficient (Wildman–Crippen LogP) is 6.21. The molecule has 6 atom stereocenters. The zero-order valence-corrected chi connectivity index (χ0v) is 19.0. The molecule has 0 unspecified atom stereocenters. The van der Waals surface area contributed by atoms with Gasteiger partial charge < -0.3 is 4.74 Å². The van der Waals surface area contributed by atoms with Gasteiger partial charge in [0.15, 0.2) is 0 Å². The van der Waals surface area contributed by atoms with Crippen molar-refractivity contribution < 1.29 is 14.3 Å². The van der Waals surface area contributed by atoms with Crippen LogP contribution in [0.3, 0.4) is 0 Å². The summed E-state index contributed by atoms with van der Waals surface area (Å²) in [6, 6.07) is 9.34. The Bertz CT molecular complexity index is 873. The maximum Gasteiger partial charge on any atom is 0.338 e. The van der Waals surface area contributed by atoms with Gasteiger partial charge >= 0.3 is 5.97 Å². The highest BCUT2D eigenvalue weighted by Gasteiger charge is 2.71. The first-order valence-electron chi connectivity index (χ1n) is 11.9. The van der Waals surface area contributed by atoms with E-state index in [1.54, 1.807) is 0 Å². The molecule has 1 aromatic carbocycles. The second-order valence-electron chi connectivity index (χ2n) is 12.0. The smallest absolute Gasteiger partial charge is 0.338 e. The molecule has 3 nitrogen and oxygen atoms in total. The normalized spacial score (nSPS) is 44.1. The quantitative estimate of drug-likeness (QED) is 0.546. The van der Waals surface area contributed by atoms with Gasteiger partial charge in [-0.15, -0.1) is 0 Å². The van der Waals surface area contributed by atoms with Crippen molar-refractivity contribution in [2.45, 2.75) is 85.2 Å². The zero-order valence-electron chi connectivity index (χ0n) is 19.0. The molecule has 0 amide bonds. The van der Waals surface area contributed by atoms with Crippen molar-refractivity contribution in [1.82, 2.24) is 0 Å². The second kappa shape index (κ2) is 6.43. The average molecular weight is 409 g/mol. The number of hydrogen-bond donors (Lipinski definition) is 0. The Morgan fingerprint density at radius 3 is 2.47 bits per heavy atom. The molecule has 4 aliphatic carbocycles. The molecule has 2 bridgehead atoms. The molecule has 4 saturated carbocycles. The maximum atomic E-state index is 13.2. The van der Waals surface area contributed by atoms with Crippen molar-refractivity contribution in [2.24, 2.45) is 33.5 Å². The fraction of sp³-hybridized carbons (Fsp3) is 0.704. The molecule has 3 heteroatoms. The Morgan fingerprint density at radius 1 is 1.00 bits per heavy atom. The van der Waals surface area contributed by atoms with E-state index in [-0.39, 0.29) is 39.7 Å². The lowest BCUT2D eigenvalue weighted by Gasteiger charge is -2.67. The fourth-order valence-electron chi connectivity index (χ4n) is 8.57. The second-order valence-corrected chi connectivity index (χ2v) is 12.0. The lowest BCUT2D eigenvalue weighted by atomic mass is 9.38. The summed E-state index contributed by atoms with van der Waals surface area (Å²) in [5.41, 5.74) is 1.04. The van der Waals surface area contributed by atoms with Crippen LogP contribution in [0.2, 0.25) is 0 Å². The summed E-state index contributed by atoms with van der Waals surface area (Å²) in [7, 11) is 0. The van der Waals surface area contributed by atoms with Gasteiger partial charge in [0.25, 0.3) is 0 Å². The largest absolute Gasteiger partial charge is 0.458 e. The Hall–Kier alpha value is -1.64. The van der Waals surface area contributed by atoms with Crippen molar-refractivity contribution in [3.63, 3.8) is 0 Å². The van der Waals surface area contributed by atoms with Crippen LogP contribution in [0.1, 0.15) is 89.4 Å². The van der Waals surface area contributed by atoms with E-state index in [2.05, 4.69) is 27.7 Å². The van der Waals surface area contributed by atoms with Crippen LogP contribution in [0.15, 0.2) is 30.3 Å². The number of fused-ring (bicyclic) bond motifs is 2. The molecule has 4 fully saturated rings. The molecule has 0 heterocycles. The third-order valence-corrected chi connectivity index (χ3v) is 10.2. The Balaban J connectivity index is 1.56. The number of ketones is 1. The summed E-state index contributed by atoms with van der Waals surface area (Å²) in [6.45, 7) is 9.57. The van der Waals surface area contributed by atoms with E-state index < -0.39 is 0 Å². The van der Waals surface area contributed by atoms with E-state index in [4.69, 9.17) is 4.74 Å². The van der Waals surface area contributed by atoms with E-state index >= 15 is 0 Å². The number of rotatable bonds is 2. The van der Waals surface area contributed by atoms with Gasteiger partial charge in [0.05, 0.1) is 5.56 Å². The summed E-state index contributed by atoms with van der Waals surface area (Å²) in [5.74, 6) is 0.868. The van der Waals surface area contributed by atoms with Crippen LogP contribution >= 0.6 is 0 Å². The predicted molar refractivity (Wildman–Crippen MR) is 117 cm³/mol. The molecule has 30 heavy (non-hydrogen) atoms. The Labute approximate surface area is 181 Å². The maximum absolute atomic E-state index is 13.2. The molecular formula is C27H36O3. The van der Waals surface area contributed by atoms with Crippen molar-refractivity contribution in [3.8, 4) is 0 Å². The minimum atomic E-state index is -0.230. The number of hydrogen-bond acceptors (Lipinski definition) is 3. The summed E-state index contributed by atoms with van der Waals surface area (Å²) in [4.78, 5) is 26.2. The minimum absolute atomic E-state index is 0.123. The highest BCUT2D eigenvalue weighted by atomic mass is 16.5. The Kier molecular flexibility index (Phi) is 4.35. The van der Waals surface area contributed by atoms with Gasteiger partial charge in [-0.2, -0.15) is 0 Å². The molecule has 162 valence electrons. The van der Waals surface area contributed by atoms with Gasteiger partial charge in [0.2, 0.25) is 0 Å². The van der Waals surface area contributed by atoms with Crippen LogP contribution in [-0.4, -0.2) is 17.9 Å². The lowest BCUT2D eigenvalue weighted by molar-refractivity contribution is -0.209. The highest BCUT2D eigenvalue weighted by Crippen LogP contribution is 2.75. The molecule has 0 saturated heterocycles. The van der Waals surface area contributed by atoms with Gasteiger partial charge in [-0.1, -0.05) is 52.3 Å². The van der Waals surface area contributed by atoms with Crippen LogP contribution in [0.5, 0.6) is 0 Å². The third-order valence-electron chi connectivity index (χ3n) is 10.2. The van der Waals surface area contributed by atoms with Crippen LogP contribution in [-0.2, 0) is 9.53 Å². The summed E-state index contributed by atoms with van der Waals surface area (Å²) in [5, 5.41) is 0. The molecule has 4 aliphatic rings. The SMILES string of the molecule is CC1(C)CCC[C@@]2(C)[C@H]1C[C@@H](OC(=O)c1ccccc1)[C@H]1CC(=O)[C@@]3(C)CC[C@]12C3. The van der Waals surface area contributed by atoms with Crippen LogP contribution < -0.4 is 0 Å². The topological polar surface area (TPSA) is 43.4 Å². The monoisotopic (exact) mass is 408 g/mol. The third kappa shape index (κ3) is 2.63. The lowest BCUT2D eigenvalue weighted by Crippen LogP contribution is -2.64. The van der Waals surface area contributed by atoms with Crippen LogP contribution in [0.4, 0.5) is 0 Å². The molecule has 1 spiro atoms. The van der Waals surface area contributed by atoms with Gasteiger partial charge in [0, 0.05) is 17.8 Å². The molecule has 0 radical (unpaired) electrons. The van der Waals surface area contributed by atoms with Crippen molar-refractivity contribution >= 4 is 11.8 Å². The average Bonchev–Trinajstić information content (AvgIpc) is 3.02. The van der Waals surface area contributed by atoms with Crippen molar-refractivity contribution in [1.29, 1.82) is 0 Å². The summed E-state index contributed by atoms with van der Waals surface area (Å²) in [6.07, 6.45) is 8.21. The Morgan fingerprint density at radius 2 is 1.73 bits per heavy atom. The molecule has 0 N–H and O–H groups in total. The zero-order chi connectivity index (χ0) is 21.4. The standard InChI is InChI=1S/C27H36O3/c1-24(2)11-8-12-26(4)21(24)16-20(30-23(29)18-9-6-5-7-10-18)19-15-22(28)25(3)13-14-27(19,26)17-25/h5-7,9-10,19-21H,8,11-17H2,1-4H3/t19-,20-,21+,25+,26+,27+/m1/s1. The molecular weight excluding hydrogens is 372 g/mol. The summed E-state index contributed by atoms with van der Waals surface area (Å²) >= 11 is 0. The van der Waals surface area contributed by atoms with Crippen LogP contribution in [0.25, 0.3) is 0 Å². The van der Waals surface area contributed by atoms with Crippen LogP contribution in [0, 0.1) is 33.5 Å². The molecule has 1 aromatic rings. The van der Waals surface area contributed by atoms with Gasteiger partial charge in [-0.3, -0.25) is 4.79 Å². The van der Waals surface area contributed by atoms with Gasteiger partial charge in [-0.05, 0) is 72.8 Å². The molecule has 5 rings (SSSR count). The van der Waals surface area contributed by atoms with E-state index in [1.807, 2.05) is 30.3 Å². The first-order chi connectivity index (χ1) is 14.1. The minimum Gasteiger partial charge on any atom is -0.458 e.